The summed E-state index contributed by atoms with van der Waals surface area (Å²) in [4.78, 5) is 26.9. The van der Waals surface area contributed by atoms with Gasteiger partial charge in [-0.05, 0) is 60.9 Å². The van der Waals surface area contributed by atoms with Gasteiger partial charge in [-0.3, -0.25) is 14.5 Å². The molecule has 0 radical (unpaired) electrons. The van der Waals surface area contributed by atoms with Crippen LogP contribution >= 0.6 is 11.8 Å². The number of rotatable bonds is 5. The molecule has 0 unspecified atom stereocenters. The minimum absolute atomic E-state index is 0.0635. The highest BCUT2D eigenvalue weighted by atomic mass is 32.2. The molecule has 152 valence electrons. The fourth-order valence-corrected chi connectivity index (χ4v) is 4.69. The van der Waals surface area contributed by atoms with Crippen LogP contribution in [-0.4, -0.2) is 17.6 Å². The third-order valence-corrected chi connectivity index (χ3v) is 6.44. The minimum atomic E-state index is -0.133. The fourth-order valence-electron chi connectivity index (χ4n) is 3.52. The summed E-state index contributed by atoms with van der Waals surface area (Å²) in [6.07, 6.45) is 0.934. The van der Waals surface area contributed by atoms with E-state index < -0.39 is 0 Å². The third kappa shape index (κ3) is 4.26. The Bertz CT molecular complexity index is 1060. The van der Waals surface area contributed by atoms with Crippen LogP contribution in [0.3, 0.4) is 0 Å². The van der Waals surface area contributed by atoms with Crippen molar-refractivity contribution in [2.75, 3.05) is 16.0 Å². The lowest BCUT2D eigenvalue weighted by Crippen LogP contribution is -2.27. The maximum Gasteiger partial charge on any atom is 0.255 e. The molecule has 3 aromatic carbocycles. The van der Waals surface area contributed by atoms with E-state index in [1.54, 1.807) is 11.8 Å². The van der Waals surface area contributed by atoms with Crippen LogP contribution in [0.15, 0.2) is 72.8 Å². The molecule has 5 heteroatoms. The second kappa shape index (κ2) is 8.76. The summed E-state index contributed by atoms with van der Waals surface area (Å²) in [7, 11) is 0. The number of nitrogens with one attached hydrogen (secondary N) is 1. The summed E-state index contributed by atoms with van der Waals surface area (Å²) < 4.78 is 0. The Kier molecular flexibility index (Phi) is 5.91. The summed E-state index contributed by atoms with van der Waals surface area (Å²) in [5.41, 5.74) is 5.67. The van der Waals surface area contributed by atoms with Gasteiger partial charge in [0.15, 0.2) is 0 Å². The number of carbonyl (C=O) groups excluding carboxylic acids is 2. The van der Waals surface area contributed by atoms with E-state index in [2.05, 4.69) is 24.4 Å². The minimum Gasteiger partial charge on any atom is -0.322 e. The van der Waals surface area contributed by atoms with Crippen LogP contribution in [0.2, 0.25) is 0 Å². The van der Waals surface area contributed by atoms with Crippen molar-refractivity contribution in [2.45, 2.75) is 25.6 Å². The van der Waals surface area contributed by atoms with Gasteiger partial charge in [0.25, 0.3) is 5.91 Å². The zero-order valence-corrected chi connectivity index (χ0v) is 17.9. The molecule has 0 saturated carbocycles. The van der Waals surface area contributed by atoms with Gasteiger partial charge in [-0.1, -0.05) is 48.9 Å². The quantitative estimate of drug-likeness (QED) is 0.590. The summed E-state index contributed by atoms with van der Waals surface area (Å²) >= 11 is 1.63. The summed E-state index contributed by atoms with van der Waals surface area (Å²) in [5.74, 6) is 0.452. The van der Waals surface area contributed by atoms with Crippen molar-refractivity contribution in [3.05, 3.63) is 95.1 Å². The predicted octanol–water partition coefficient (Wildman–Crippen LogP) is 5.59. The van der Waals surface area contributed by atoms with E-state index in [9.17, 15) is 9.59 Å². The molecule has 3 aromatic rings. The molecule has 0 aromatic heterocycles. The van der Waals surface area contributed by atoms with Crippen molar-refractivity contribution >= 4 is 35.0 Å². The molecule has 1 heterocycles. The van der Waals surface area contributed by atoms with E-state index in [1.807, 2.05) is 72.5 Å². The summed E-state index contributed by atoms with van der Waals surface area (Å²) in [5, 5.41) is 2.87. The lowest BCUT2D eigenvalue weighted by atomic mass is 10.1. The van der Waals surface area contributed by atoms with Gasteiger partial charge in [-0.25, -0.2) is 0 Å². The van der Waals surface area contributed by atoms with Crippen LogP contribution in [-0.2, 0) is 11.2 Å². The van der Waals surface area contributed by atoms with Crippen molar-refractivity contribution < 1.29 is 9.59 Å². The average Bonchev–Trinajstić information content (AvgIpc) is 3.16. The fraction of sp³-hybridized carbons (Fsp3) is 0.200. The first-order valence-corrected chi connectivity index (χ1v) is 11.1. The molecule has 1 saturated heterocycles. The molecule has 0 aliphatic carbocycles. The van der Waals surface area contributed by atoms with Gasteiger partial charge in [-0.2, -0.15) is 0 Å². The SMILES string of the molecule is CCc1cccc(N2C(=O)CS[C@@H]2c2ccc(NC(=O)c3ccc(C)cc3)cc2)c1. The first-order chi connectivity index (χ1) is 14.5. The summed E-state index contributed by atoms with van der Waals surface area (Å²) in [6, 6.07) is 23.4. The Morgan fingerprint density at radius 1 is 1.07 bits per heavy atom. The number of nitrogens with zero attached hydrogens (tertiary/aromatic N) is 1. The Balaban J connectivity index is 1.51. The molecule has 1 aliphatic rings. The smallest absolute Gasteiger partial charge is 0.255 e. The zero-order chi connectivity index (χ0) is 21.1. The lowest BCUT2D eigenvalue weighted by molar-refractivity contribution is -0.115. The van der Waals surface area contributed by atoms with Crippen LogP contribution in [0.4, 0.5) is 11.4 Å². The molecule has 4 rings (SSSR count). The molecule has 1 fully saturated rings. The number of hydrogen-bond donors (Lipinski definition) is 1. The Labute approximate surface area is 181 Å². The van der Waals surface area contributed by atoms with E-state index in [0.29, 0.717) is 11.3 Å². The number of hydrogen-bond acceptors (Lipinski definition) is 3. The summed E-state index contributed by atoms with van der Waals surface area (Å²) in [6.45, 7) is 4.11. The largest absolute Gasteiger partial charge is 0.322 e. The monoisotopic (exact) mass is 416 g/mol. The second-order valence-corrected chi connectivity index (χ2v) is 8.46. The molecule has 0 spiro atoms. The van der Waals surface area contributed by atoms with Crippen molar-refractivity contribution in [1.82, 2.24) is 0 Å². The van der Waals surface area contributed by atoms with Crippen LogP contribution in [0, 0.1) is 6.92 Å². The number of thioether (sulfide) groups is 1. The van der Waals surface area contributed by atoms with E-state index in [0.717, 1.165) is 28.9 Å². The van der Waals surface area contributed by atoms with Gasteiger partial charge in [0.2, 0.25) is 5.91 Å². The van der Waals surface area contributed by atoms with Crippen LogP contribution in [0.1, 0.15) is 39.3 Å². The highest BCUT2D eigenvalue weighted by Gasteiger charge is 2.34. The first-order valence-electron chi connectivity index (χ1n) is 10.1. The van der Waals surface area contributed by atoms with E-state index in [4.69, 9.17) is 0 Å². The maximum atomic E-state index is 12.6. The van der Waals surface area contributed by atoms with Crippen molar-refractivity contribution in [3.8, 4) is 0 Å². The Morgan fingerprint density at radius 3 is 2.50 bits per heavy atom. The topological polar surface area (TPSA) is 49.4 Å². The highest BCUT2D eigenvalue weighted by molar-refractivity contribution is 8.00. The predicted molar refractivity (Wildman–Crippen MR) is 124 cm³/mol. The van der Waals surface area contributed by atoms with Crippen molar-refractivity contribution in [2.24, 2.45) is 0 Å². The molecule has 0 bridgehead atoms. The number of benzene rings is 3. The molecular formula is C25H24N2O2S. The Hall–Kier alpha value is -3.05. The first kappa shape index (κ1) is 20.2. The van der Waals surface area contributed by atoms with Gasteiger partial charge in [-0.15, -0.1) is 11.8 Å². The van der Waals surface area contributed by atoms with E-state index >= 15 is 0 Å². The van der Waals surface area contributed by atoms with Gasteiger partial charge in [0.1, 0.15) is 5.37 Å². The second-order valence-electron chi connectivity index (χ2n) is 7.39. The average molecular weight is 417 g/mol. The van der Waals surface area contributed by atoms with Crippen LogP contribution in [0.25, 0.3) is 0 Å². The lowest BCUT2D eigenvalue weighted by Gasteiger charge is -2.25. The van der Waals surface area contributed by atoms with Crippen LogP contribution < -0.4 is 10.2 Å². The van der Waals surface area contributed by atoms with Crippen molar-refractivity contribution in [1.29, 1.82) is 0 Å². The maximum absolute atomic E-state index is 12.6. The van der Waals surface area contributed by atoms with Gasteiger partial charge < -0.3 is 5.32 Å². The molecule has 2 amide bonds. The normalized spacial score (nSPS) is 16.0. The molecule has 30 heavy (non-hydrogen) atoms. The standard InChI is InChI=1S/C25H24N2O2S/c1-3-18-5-4-6-22(15-18)27-23(28)16-30-25(27)20-11-13-21(14-12-20)26-24(29)19-9-7-17(2)8-10-19/h4-15,25H,3,16H2,1-2H3,(H,26,29)/t25-/m1/s1. The van der Waals surface area contributed by atoms with Crippen molar-refractivity contribution in [3.63, 3.8) is 0 Å². The van der Waals surface area contributed by atoms with Gasteiger partial charge in [0, 0.05) is 16.9 Å². The number of carbonyl (C=O) groups is 2. The van der Waals surface area contributed by atoms with Crippen LogP contribution in [0.5, 0.6) is 0 Å². The third-order valence-electron chi connectivity index (χ3n) is 5.23. The molecular weight excluding hydrogens is 392 g/mol. The molecule has 1 atom stereocenters. The van der Waals surface area contributed by atoms with E-state index in [-0.39, 0.29) is 17.2 Å². The molecule has 1 N–H and O–H groups in total. The number of aryl methyl sites for hydroxylation is 2. The number of anilines is 2. The molecule has 1 aliphatic heterocycles. The zero-order valence-electron chi connectivity index (χ0n) is 17.1. The Morgan fingerprint density at radius 2 is 1.80 bits per heavy atom. The van der Waals surface area contributed by atoms with Gasteiger partial charge >= 0.3 is 0 Å². The highest BCUT2D eigenvalue weighted by Crippen LogP contribution is 2.42. The van der Waals surface area contributed by atoms with E-state index in [1.165, 1.54) is 5.56 Å². The van der Waals surface area contributed by atoms with Gasteiger partial charge in [0.05, 0.1) is 5.75 Å². The molecule has 4 nitrogen and oxygen atoms in total. The number of amides is 2.